The van der Waals surface area contributed by atoms with Gasteiger partial charge in [0.25, 0.3) is 5.91 Å². The van der Waals surface area contributed by atoms with Crippen molar-refractivity contribution in [3.8, 4) is 0 Å². The fraction of sp³-hybridized carbons (Fsp3) is 0. The highest BCUT2D eigenvalue weighted by Crippen LogP contribution is 2.25. The van der Waals surface area contributed by atoms with Gasteiger partial charge in [-0.15, -0.1) is 11.3 Å². The number of carbonyl (C=O) groups excluding carboxylic acids is 1. The first-order valence-electron chi connectivity index (χ1n) is 4.33. The Morgan fingerprint density at radius 2 is 2.19 bits per heavy atom. The minimum absolute atomic E-state index is 0.143. The van der Waals surface area contributed by atoms with Gasteiger partial charge in [0, 0.05) is 10.7 Å². The second kappa shape index (κ2) is 5.07. The smallest absolute Gasteiger partial charge is 0.266 e. The lowest BCUT2D eigenvalue weighted by Gasteiger charge is -2.05. The van der Waals surface area contributed by atoms with Crippen LogP contribution in [0.2, 0.25) is 0 Å². The van der Waals surface area contributed by atoms with Crippen LogP contribution >= 0.6 is 43.2 Å². The molecule has 2 rings (SSSR count). The SMILES string of the molecule is O=C(Nc1cccnc1Br)c1sccc1Br. The highest BCUT2D eigenvalue weighted by Gasteiger charge is 2.12. The third-order valence-electron chi connectivity index (χ3n) is 1.83. The molecule has 2 aromatic heterocycles. The Kier molecular flexibility index (Phi) is 3.73. The van der Waals surface area contributed by atoms with Crippen LogP contribution in [0, 0.1) is 0 Å². The topological polar surface area (TPSA) is 42.0 Å². The summed E-state index contributed by atoms with van der Waals surface area (Å²) in [5, 5.41) is 4.64. The molecule has 6 heteroatoms. The first-order chi connectivity index (χ1) is 7.68. The van der Waals surface area contributed by atoms with Crippen LogP contribution in [0.3, 0.4) is 0 Å². The molecular formula is C10H6Br2N2OS. The van der Waals surface area contributed by atoms with Gasteiger partial charge < -0.3 is 5.32 Å². The van der Waals surface area contributed by atoms with E-state index >= 15 is 0 Å². The molecule has 0 aliphatic heterocycles. The van der Waals surface area contributed by atoms with E-state index in [0.717, 1.165) is 4.47 Å². The Labute approximate surface area is 113 Å². The normalized spacial score (nSPS) is 10.1. The second-order valence-corrected chi connectivity index (χ2v) is 5.42. The van der Waals surface area contributed by atoms with Crippen LogP contribution in [-0.4, -0.2) is 10.9 Å². The number of amides is 1. The average molecular weight is 362 g/mol. The summed E-state index contributed by atoms with van der Waals surface area (Å²) in [5.41, 5.74) is 0.660. The van der Waals surface area contributed by atoms with Gasteiger partial charge in [-0.25, -0.2) is 4.98 Å². The van der Waals surface area contributed by atoms with Crippen LogP contribution in [-0.2, 0) is 0 Å². The van der Waals surface area contributed by atoms with Crippen molar-refractivity contribution in [1.29, 1.82) is 0 Å². The van der Waals surface area contributed by atoms with Crippen molar-refractivity contribution in [2.45, 2.75) is 0 Å². The number of halogens is 2. The molecule has 0 aliphatic carbocycles. The van der Waals surface area contributed by atoms with Crippen LogP contribution in [0.1, 0.15) is 9.67 Å². The molecule has 82 valence electrons. The van der Waals surface area contributed by atoms with Gasteiger partial charge in [0.2, 0.25) is 0 Å². The summed E-state index contributed by atoms with van der Waals surface area (Å²) in [7, 11) is 0. The van der Waals surface area contributed by atoms with Crippen molar-refractivity contribution in [3.63, 3.8) is 0 Å². The quantitative estimate of drug-likeness (QED) is 0.823. The van der Waals surface area contributed by atoms with E-state index in [1.807, 2.05) is 11.4 Å². The maximum atomic E-state index is 11.9. The van der Waals surface area contributed by atoms with E-state index in [4.69, 9.17) is 0 Å². The zero-order chi connectivity index (χ0) is 11.5. The van der Waals surface area contributed by atoms with Gasteiger partial charge in [-0.2, -0.15) is 0 Å². The van der Waals surface area contributed by atoms with E-state index in [1.165, 1.54) is 11.3 Å². The van der Waals surface area contributed by atoms with Crippen molar-refractivity contribution in [2.75, 3.05) is 5.32 Å². The van der Waals surface area contributed by atoms with Crippen LogP contribution in [0.15, 0.2) is 38.9 Å². The predicted molar refractivity (Wildman–Crippen MR) is 71.9 cm³/mol. The van der Waals surface area contributed by atoms with Crippen molar-refractivity contribution in [3.05, 3.63) is 43.7 Å². The summed E-state index contributed by atoms with van der Waals surface area (Å²) in [4.78, 5) is 16.5. The second-order valence-electron chi connectivity index (χ2n) is 2.89. The Balaban J connectivity index is 2.21. The summed E-state index contributed by atoms with van der Waals surface area (Å²) in [6.45, 7) is 0. The predicted octanol–water partition coefficient (Wildman–Crippen LogP) is 3.92. The fourth-order valence-corrected chi connectivity index (χ4v) is 2.91. The van der Waals surface area contributed by atoms with E-state index in [9.17, 15) is 4.79 Å². The molecule has 2 aromatic rings. The number of hydrogen-bond acceptors (Lipinski definition) is 3. The first-order valence-corrected chi connectivity index (χ1v) is 6.80. The van der Waals surface area contributed by atoms with Crippen molar-refractivity contribution < 1.29 is 4.79 Å². The Morgan fingerprint density at radius 1 is 1.38 bits per heavy atom. The van der Waals surface area contributed by atoms with Gasteiger partial charge >= 0.3 is 0 Å². The Bertz CT molecular complexity index is 527. The standard InChI is InChI=1S/C10H6Br2N2OS/c11-6-3-5-16-8(6)10(15)14-7-2-1-4-13-9(7)12/h1-5H,(H,14,15). The molecule has 1 N–H and O–H groups in total. The molecule has 2 heterocycles. The number of nitrogens with zero attached hydrogens (tertiary/aromatic N) is 1. The maximum Gasteiger partial charge on any atom is 0.266 e. The minimum Gasteiger partial charge on any atom is -0.319 e. The summed E-state index contributed by atoms with van der Waals surface area (Å²) in [6, 6.07) is 5.40. The first kappa shape index (κ1) is 11.8. The van der Waals surface area contributed by atoms with Gasteiger partial charge in [0.05, 0.1) is 5.69 Å². The summed E-state index contributed by atoms with van der Waals surface area (Å²) in [6.07, 6.45) is 1.65. The van der Waals surface area contributed by atoms with E-state index in [0.29, 0.717) is 15.2 Å². The molecule has 0 fully saturated rings. The van der Waals surface area contributed by atoms with Gasteiger partial charge in [0.1, 0.15) is 9.48 Å². The van der Waals surface area contributed by atoms with Crippen molar-refractivity contribution >= 4 is 54.8 Å². The number of anilines is 1. The molecule has 3 nitrogen and oxygen atoms in total. The zero-order valence-corrected chi connectivity index (χ0v) is 11.9. The van der Waals surface area contributed by atoms with Gasteiger partial charge in [-0.1, -0.05) is 0 Å². The van der Waals surface area contributed by atoms with Crippen LogP contribution in [0.5, 0.6) is 0 Å². The lowest BCUT2D eigenvalue weighted by molar-refractivity contribution is 0.103. The number of pyridine rings is 1. The summed E-state index contributed by atoms with van der Waals surface area (Å²) >= 11 is 7.98. The van der Waals surface area contributed by atoms with Gasteiger partial charge in [0.15, 0.2) is 0 Å². The minimum atomic E-state index is -0.143. The highest BCUT2D eigenvalue weighted by molar-refractivity contribution is 9.10. The summed E-state index contributed by atoms with van der Waals surface area (Å²) in [5.74, 6) is -0.143. The van der Waals surface area contributed by atoms with E-state index in [-0.39, 0.29) is 5.91 Å². The molecular weight excluding hydrogens is 356 g/mol. The maximum absolute atomic E-state index is 11.9. The van der Waals surface area contributed by atoms with Crippen molar-refractivity contribution in [2.24, 2.45) is 0 Å². The molecule has 16 heavy (non-hydrogen) atoms. The van der Waals surface area contributed by atoms with Gasteiger partial charge in [-0.05, 0) is 55.4 Å². The zero-order valence-electron chi connectivity index (χ0n) is 7.91. The molecule has 0 aliphatic rings. The monoisotopic (exact) mass is 360 g/mol. The number of rotatable bonds is 2. The third-order valence-corrected chi connectivity index (χ3v) is 4.30. The van der Waals surface area contributed by atoms with Gasteiger partial charge in [-0.3, -0.25) is 4.79 Å². The lowest BCUT2D eigenvalue weighted by atomic mass is 10.4. The van der Waals surface area contributed by atoms with E-state index in [2.05, 4.69) is 42.2 Å². The number of thiophene rings is 1. The number of nitrogens with one attached hydrogen (secondary N) is 1. The third kappa shape index (κ3) is 2.50. The largest absolute Gasteiger partial charge is 0.319 e. The Morgan fingerprint density at radius 3 is 2.81 bits per heavy atom. The van der Waals surface area contributed by atoms with Crippen LogP contribution < -0.4 is 5.32 Å². The van der Waals surface area contributed by atoms with E-state index < -0.39 is 0 Å². The van der Waals surface area contributed by atoms with E-state index in [1.54, 1.807) is 18.3 Å². The summed E-state index contributed by atoms with van der Waals surface area (Å²) < 4.78 is 1.42. The number of hydrogen-bond donors (Lipinski definition) is 1. The molecule has 0 saturated heterocycles. The molecule has 0 spiro atoms. The lowest BCUT2D eigenvalue weighted by Crippen LogP contribution is -2.11. The van der Waals surface area contributed by atoms with Crippen LogP contribution in [0.4, 0.5) is 5.69 Å². The van der Waals surface area contributed by atoms with Crippen molar-refractivity contribution in [1.82, 2.24) is 4.98 Å². The molecule has 0 aromatic carbocycles. The molecule has 1 amide bonds. The fourth-order valence-electron chi connectivity index (χ4n) is 1.11. The molecule has 0 bridgehead atoms. The molecule has 0 unspecified atom stereocenters. The molecule has 0 radical (unpaired) electrons. The average Bonchev–Trinajstić information content (AvgIpc) is 2.68. The number of aromatic nitrogens is 1. The number of carbonyl (C=O) groups is 1. The molecule has 0 saturated carbocycles. The molecule has 0 atom stereocenters. The Hall–Kier alpha value is -0.720. The highest BCUT2D eigenvalue weighted by atomic mass is 79.9. The van der Waals surface area contributed by atoms with Crippen LogP contribution in [0.25, 0.3) is 0 Å².